The van der Waals surface area contributed by atoms with Crippen LogP contribution in [-0.4, -0.2) is 31.3 Å². The maximum atomic E-state index is 12.8. The quantitative estimate of drug-likeness (QED) is 0.699. The summed E-state index contributed by atoms with van der Waals surface area (Å²) in [4.78, 5) is 46.5. The van der Waals surface area contributed by atoms with Gasteiger partial charge in [0.25, 0.3) is 0 Å². The van der Waals surface area contributed by atoms with Gasteiger partial charge in [0, 0.05) is 29.6 Å². The predicted molar refractivity (Wildman–Crippen MR) is 101 cm³/mol. The van der Waals surface area contributed by atoms with Crippen LogP contribution in [0.25, 0.3) is 0 Å². The highest BCUT2D eigenvalue weighted by molar-refractivity contribution is 6.30. The molecule has 0 unspecified atom stereocenters. The van der Waals surface area contributed by atoms with Gasteiger partial charge in [0.2, 0.25) is 5.91 Å². The van der Waals surface area contributed by atoms with Crippen molar-refractivity contribution in [1.82, 2.24) is 24.6 Å². The van der Waals surface area contributed by atoms with E-state index in [1.165, 1.54) is 4.90 Å². The average molecular weight is 399 g/mol. The van der Waals surface area contributed by atoms with E-state index in [0.717, 1.165) is 14.9 Å². The molecule has 0 atom stereocenters. The third-order valence-corrected chi connectivity index (χ3v) is 4.54. The zero-order chi connectivity index (χ0) is 19.7. The van der Waals surface area contributed by atoms with E-state index in [1.54, 1.807) is 42.7 Å². The third-order valence-electron chi connectivity index (χ3n) is 4.29. The van der Waals surface area contributed by atoms with Gasteiger partial charge in [-0.3, -0.25) is 14.7 Å². The van der Waals surface area contributed by atoms with Crippen LogP contribution in [0.4, 0.5) is 10.5 Å². The summed E-state index contributed by atoms with van der Waals surface area (Å²) in [7, 11) is 0. The van der Waals surface area contributed by atoms with Gasteiger partial charge in [0.05, 0.1) is 6.54 Å². The fraction of sp³-hybridized carbons (Fsp3) is 0.167. The largest absolute Gasteiger partial charge is 0.365 e. The molecule has 1 aromatic carbocycles. The lowest BCUT2D eigenvalue weighted by Gasteiger charge is -2.15. The third kappa shape index (κ3) is 3.39. The van der Waals surface area contributed by atoms with E-state index in [9.17, 15) is 14.4 Å². The summed E-state index contributed by atoms with van der Waals surface area (Å²) in [6, 6.07) is 9.88. The van der Waals surface area contributed by atoms with Crippen molar-refractivity contribution < 1.29 is 9.59 Å². The van der Waals surface area contributed by atoms with E-state index in [-0.39, 0.29) is 25.5 Å². The summed E-state index contributed by atoms with van der Waals surface area (Å²) in [5, 5.41) is 3.25. The molecule has 0 aliphatic carbocycles. The van der Waals surface area contributed by atoms with Gasteiger partial charge in [-0.1, -0.05) is 17.7 Å². The van der Waals surface area contributed by atoms with Crippen LogP contribution in [0, 0.1) is 0 Å². The lowest BCUT2D eigenvalue weighted by Crippen LogP contribution is -2.38. The maximum Gasteiger partial charge on any atom is 0.365 e. The predicted octanol–water partition coefficient (Wildman–Crippen LogP) is 1.40. The van der Waals surface area contributed by atoms with Gasteiger partial charge in [-0.2, -0.15) is 9.67 Å². The molecule has 0 spiro atoms. The van der Waals surface area contributed by atoms with Crippen LogP contribution >= 0.6 is 11.6 Å². The second kappa shape index (κ2) is 7.28. The molecular weight excluding hydrogens is 384 g/mol. The van der Waals surface area contributed by atoms with Crippen molar-refractivity contribution in [3.8, 4) is 0 Å². The number of nitrogens with zero attached hydrogens (tertiary/aromatic N) is 5. The molecule has 142 valence electrons. The smallest absolute Gasteiger partial charge is 0.350 e. The second-order valence-electron chi connectivity index (χ2n) is 6.16. The molecule has 1 aliphatic rings. The first kappa shape index (κ1) is 17.9. The number of hydrogen-bond donors (Lipinski definition) is 1. The molecule has 9 nitrogen and oxygen atoms in total. The molecule has 28 heavy (non-hydrogen) atoms. The summed E-state index contributed by atoms with van der Waals surface area (Å²) < 4.78 is 2.17. The van der Waals surface area contributed by atoms with Crippen LogP contribution in [0.3, 0.4) is 0 Å². The van der Waals surface area contributed by atoms with E-state index >= 15 is 0 Å². The summed E-state index contributed by atoms with van der Waals surface area (Å²) in [5.74, 6) is -0.128. The summed E-state index contributed by atoms with van der Waals surface area (Å²) in [5.41, 5.74) is 0.808. The average Bonchev–Trinajstić information content (AvgIpc) is 3.17. The van der Waals surface area contributed by atoms with Gasteiger partial charge < -0.3 is 5.32 Å². The van der Waals surface area contributed by atoms with Crippen molar-refractivity contribution >= 4 is 29.2 Å². The number of anilines is 1. The standard InChI is InChI=1S/C18H15ClN6O3/c19-13-3-5-14(6-4-13)23-10-15-22-17(27)24(25(15)18(23)28)11-16(26)21-9-12-2-1-7-20-8-12/h1-8H,9-11H2,(H,21,26). The second-order valence-corrected chi connectivity index (χ2v) is 6.60. The van der Waals surface area contributed by atoms with Crippen molar-refractivity contribution in [2.24, 2.45) is 0 Å². The number of benzene rings is 1. The van der Waals surface area contributed by atoms with Crippen LogP contribution in [0.1, 0.15) is 11.4 Å². The zero-order valence-electron chi connectivity index (χ0n) is 14.6. The lowest BCUT2D eigenvalue weighted by atomic mass is 10.3. The number of pyridine rings is 1. The maximum absolute atomic E-state index is 12.8. The van der Waals surface area contributed by atoms with E-state index in [2.05, 4.69) is 15.3 Å². The van der Waals surface area contributed by atoms with E-state index in [1.807, 2.05) is 6.07 Å². The zero-order valence-corrected chi connectivity index (χ0v) is 15.3. The number of hydrogen-bond acceptors (Lipinski definition) is 5. The van der Waals surface area contributed by atoms with E-state index in [0.29, 0.717) is 10.7 Å². The molecule has 0 saturated heterocycles. The lowest BCUT2D eigenvalue weighted by molar-refractivity contribution is -0.122. The Bertz CT molecular complexity index is 1090. The van der Waals surface area contributed by atoms with Crippen molar-refractivity contribution in [2.75, 3.05) is 4.90 Å². The minimum atomic E-state index is -0.643. The van der Waals surface area contributed by atoms with Crippen LogP contribution in [0.2, 0.25) is 5.02 Å². The minimum absolute atomic E-state index is 0.139. The Labute approximate surface area is 164 Å². The van der Waals surface area contributed by atoms with Crippen molar-refractivity contribution in [1.29, 1.82) is 0 Å². The number of aromatic nitrogens is 4. The normalized spacial score (nSPS) is 12.9. The van der Waals surface area contributed by atoms with E-state index < -0.39 is 17.6 Å². The number of amides is 2. The Hall–Kier alpha value is -3.46. The molecule has 4 rings (SSSR count). The Balaban J connectivity index is 1.50. The van der Waals surface area contributed by atoms with Crippen LogP contribution in [0.15, 0.2) is 53.6 Å². The highest BCUT2D eigenvalue weighted by Gasteiger charge is 2.33. The first-order valence-corrected chi connectivity index (χ1v) is 8.82. The van der Waals surface area contributed by atoms with Gasteiger partial charge >= 0.3 is 11.7 Å². The van der Waals surface area contributed by atoms with Gasteiger partial charge in [-0.05, 0) is 35.9 Å². The van der Waals surface area contributed by atoms with Crippen molar-refractivity contribution in [3.63, 3.8) is 0 Å². The number of carbonyl (C=O) groups excluding carboxylic acids is 2. The fourth-order valence-electron chi connectivity index (χ4n) is 2.94. The van der Waals surface area contributed by atoms with Crippen molar-refractivity contribution in [2.45, 2.75) is 19.6 Å². The Morgan fingerprint density at radius 3 is 2.68 bits per heavy atom. The van der Waals surface area contributed by atoms with Gasteiger partial charge in [0.15, 0.2) is 5.82 Å². The molecule has 2 amide bonds. The highest BCUT2D eigenvalue weighted by atomic mass is 35.5. The molecule has 10 heteroatoms. The van der Waals surface area contributed by atoms with Crippen molar-refractivity contribution in [3.05, 3.63) is 75.7 Å². The van der Waals surface area contributed by atoms with Gasteiger partial charge in [-0.15, -0.1) is 0 Å². The first-order chi connectivity index (χ1) is 13.5. The summed E-state index contributed by atoms with van der Waals surface area (Å²) in [6.45, 7) is 0.0968. The molecule has 1 N–H and O–H groups in total. The summed E-state index contributed by atoms with van der Waals surface area (Å²) >= 11 is 5.89. The molecule has 0 bridgehead atoms. The van der Waals surface area contributed by atoms with E-state index in [4.69, 9.17) is 11.6 Å². The molecule has 2 aromatic heterocycles. The number of halogens is 1. The number of nitrogens with one attached hydrogen (secondary N) is 1. The van der Waals surface area contributed by atoms with Gasteiger partial charge in [0.1, 0.15) is 6.54 Å². The molecule has 3 heterocycles. The number of rotatable bonds is 5. The molecule has 0 saturated carbocycles. The number of fused-ring (bicyclic) bond motifs is 1. The highest BCUT2D eigenvalue weighted by Crippen LogP contribution is 2.24. The first-order valence-electron chi connectivity index (χ1n) is 8.45. The monoisotopic (exact) mass is 398 g/mol. The van der Waals surface area contributed by atoms with Crippen LogP contribution < -0.4 is 15.9 Å². The topological polar surface area (TPSA) is 102 Å². The fourth-order valence-corrected chi connectivity index (χ4v) is 3.06. The molecular formula is C18H15ClN6O3. The molecule has 0 fully saturated rings. The SMILES string of the molecule is O=C(Cn1c(=O)nc2n1C(=O)N(c1ccc(Cl)cc1)C2)NCc1cccnc1. The van der Waals surface area contributed by atoms with Crippen LogP contribution in [-0.2, 0) is 24.4 Å². The minimum Gasteiger partial charge on any atom is -0.350 e. The Morgan fingerprint density at radius 1 is 1.18 bits per heavy atom. The molecule has 1 aliphatic heterocycles. The Kier molecular flexibility index (Phi) is 4.66. The van der Waals surface area contributed by atoms with Gasteiger partial charge in [-0.25, -0.2) is 14.3 Å². The molecule has 3 aromatic rings. The molecule has 0 radical (unpaired) electrons. The number of carbonyl (C=O) groups is 2. The van der Waals surface area contributed by atoms with Crippen LogP contribution in [0.5, 0.6) is 0 Å². The summed E-state index contributed by atoms with van der Waals surface area (Å²) in [6.07, 6.45) is 3.27. The Morgan fingerprint density at radius 2 is 1.96 bits per heavy atom.